The van der Waals surface area contributed by atoms with E-state index in [1.165, 1.54) is 25.7 Å². The summed E-state index contributed by atoms with van der Waals surface area (Å²) in [4.78, 5) is 14.6. The molecular weight excluding hydrogens is 230 g/mol. The predicted molar refractivity (Wildman–Crippen MR) is 74.3 cm³/mol. The molecule has 2 aliphatic heterocycles. The zero-order chi connectivity index (χ0) is 12.6. The molecule has 0 saturated carbocycles. The maximum absolute atomic E-state index is 12.4. The molecule has 0 aromatic heterocycles. The minimum atomic E-state index is 0.118. The minimum absolute atomic E-state index is 0.118. The van der Waals surface area contributed by atoms with Crippen LogP contribution < -0.4 is 0 Å². The molecule has 3 atom stereocenters. The molecule has 0 spiro atoms. The number of rotatable bonds is 2. The Kier molecular flexibility index (Phi) is 3.77. The summed E-state index contributed by atoms with van der Waals surface area (Å²) >= 11 is 1.98. The molecule has 2 nitrogen and oxygen atoms in total. The quantitative estimate of drug-likeness (QED) is 0.754. The lowest BCUT2D eigenvalue weighted by atomic mass is 9.90. The van der Waals surface area contributed by atoms with Crippen molar-refractivity contribution < 1.29 is 4.79 Å². The van der Waals surface area contributed by atoms with Gasteiger partial charge >= 0.3 is 0 Å². The first-order chi connectivity index (χ1) is 7.90. The summed E-state index contributed by atoms with van der Waals surface area (Å²) in [6.07, 6.45) is 7.80. The van der Waals surface area contributed by atoms with Gasteiger partial charge in [-0.25, -0.2) is 0 Å². The Morgan fingerprint density at radius 3 is 2.18 bits per heavy atom. The van der Waals surface area contributed by atoms with Gasteiger partial charge in [-0.15, -0.1) is 0 Å². The molecule has 0 aliphatic carbocycles. The lowest BCUT2D eigenvalue weighted by Crippen LogP contribution is -2.48. The van der Waals surface area contributed by atoms with Gasteiger partial charge in [0.2, 0.25) is 5.91 Å². The maximum atomic E-state index is 12.4. The molecule has 98 valence electrons. The highest BCUT2D eigenvalue weighted by atomic mass is 32.2. The normalized spacial score (nSPS) is 32.9. The average molecular weight is 255 g/mol. The molecule has 2 rings (SSSR count). The van der Waals surface area contributed by atoms with Crippen LogP contribution in [0, 0.1) is 5.41 Å². The van der Waals surface area contributed by atoms with Gasteiger partial charge in [-0.1, -0.05) is 20.8 Å². The molecule has 1 unspecified atom stereocenters. The molecule has 0 aromatic rings. The van der Waals surface area contributed by atoms with Crippen molar-refractivity contribution in [1.29, 1.82) is 0 Å². The van der Waals surface area contributed by atoms with Gasteiger partial charge in [0.15, 0.2) is 0 Å². The summed E-state index contributed by atoms with van der Waals surface area (Å²) in [5.74, 6) is 0.393. The molecule has 17 heavy (non-hydrogen) atoms. The molecule has 2 heterocycles. The third-order valence-electron chi connectivity index (χ3n) is 3.99. The van der Waals surface area contributed by atoms with E-state index in [4.69, 9.17) is 0 Å². The zero-order valence-corrected chi connectivity index (χ0v) is 12.3. The molecule has 0 N–H and O–H groups in total. The van der Waals surface area contributed by atoms with Crippen molar-refractivity contribution in [3.8, 4) is 0 Å². The molecule has 2 fully saturated rings. The number of thioether (sulfide) groups is 1. The van der Waals surface area contributed by atoms with Crippen LogP contribution in [0.4, 0.5) is 0 Å². The van der Waals surface area contributed by atoms with E-state index in [-0.39, 0.29) is 5.41 Å². The molecule has 2 aliphatic rings. The van der Waals surface area contributed by atoms with Crippen molar-refractivity contribution in [1.82, 2.24) is 4.90 Å². The van der Waals surface area contributed by atoms with Crippen LogP contribution >= 0.6 is 11.8 Å². The first-order valence-corrected chi connectivity index (χ1v) is 8.03. The van der Waals surface area contributed by atoms with Gasteiger partial charge < -0.3 is 4.90 Å². The first-order valence-electron chi connectivity index (χ1n) is 6.74. The van der Waals surface area contributed by atoms with Gasteiger partial charge in [-0.2, -0.15) is 11.8 Å². The highest BCUT2D eigenvalue weighted by Gasteiger charge is 2.43. The van der Waals surface area contributed by atoms with Crippen molar-refractivity contribution in [2.45, 2.75) is 70.2 Å². The van der Waals surface area contributed by atoms with Gasteiger partial charge in [0.25, 0.3) is 0 Å². The van der Waals surface area contributed by atoms with Gasteiger partial charge in [0.05, 0.1) is 0 Å². The zero-order valence-electron chi connectivity index (χ0n) is 11.5. The number of amides is 1. The summed E-state index contributed by atoms with van der Waals surface area (Å²) in [7, 11) is 0. The topological polar surface area (TPSA) is 20.3 Å². The molecule has 0 aromatic carbocycles. The highest BCUT2D eigenvalue weighted by molar-refractivity contribution is 7.99. The molecule has 1 amide bonds. The van der Waals surface area contributed by atoms with Crippen LogP contribution in [0.3, 0.4) is 0 Å². The van der Waals surface area contributed by atoms with E-state index >= 15 is 0 Å². The number of hydrogen-bond acceptors (Lipinski definition) is 2. The van der Waals surface area contributed by atoms with E-state index in [1.807, 2.05) is 11.8 Å². The largest absolute Gasteiger partial charge is 0.337 e. The molecule has 2 saturated heterocycles. The van der Waals surface area contributed by atoms with Crippen LogP contribution in [-0.4, -0.2) is 34.4 Å². The first kappa shape index (κ1) is 13.3. The third kappa shape index (κ3) is 2.98. The van der Waals surface area contributed by atoms with Crippen LogP contribution in [0.2, 0.25) is 0 Å². The van der Waals surface area contributed by atoms with E-state index in [2.05, 4.69) is 31.9 Å². The second kappa shape index (κ2) is 4.83. The van der Waals surface area contributed by atoms with Crippen LogP contribution in [0.5, 0.6) is 0 Å². The number of carbonyl (C=O) groups excluding carboxylic acids is 1. The van der Waals surface area contributed by atoms with Gasteiger partial charge in [0, 0.05) is 23.8 Å². The van der Waals surface area contributed by atoms with Crippen LogP contribution in [-0.2, 0) is 4.79 Å². The second-order valence-corrected chi connectivity index (χ2v) is 7.89. The SMILES string of the molecule is CSC1C[C@H]2CC[C@@H](C1)N2C(=O)CC(C)(C)C. The summed E-state index contributed by atoms with van der Waals surface area (Å²) in [5, 5.41) is 0.784. The van der Waals surface area contributed by atoms with Gasteiger partial charge in [-0.05, 0) is 37.4 Å². The molecule has 3 heteroatoms. The second-order valence-electron chi connectivity index (χ2n) is 6.75. The standard InChI is InChI=1S/C14H25NOS/c1-14(2,3)9-13(16)15-10-5-6-11(15)8-12(7-10)17-4/h10-12H,5-9H2,1-4H3/t10-,11+,12?. The van der Waals surface area contributed by atoms with Crippen LogP contribution in [0.15, 0.2) is 0 Å². The lowest BCUT2D eigenvalue weighted by molar-refractivity contribution is -0.137. The van der Waals surface area contributed by atoms with Crippen LogP contribution in [0.25, 0.3) is 0 Å². The molecule has 2 bridgehead atoms. The Hall–Kier alpha value is -0.180. The monoisotopic (exact) mass is 255 g/mol. The Morgan fingerprint density at radius 1 is 1.24 bits per heavy atom. The molecular formula is C14H25NOS. The number of nitrogens with zero attached hydrogens (tertiary/aromatic N) is 1. The smallest absolute Gasteiger partial charge is 0.223 e. The number of fused-ring (bicyclic) bond motifs is 2. The van der Waals surface area contributed by atoms with Crippen molar-refractivity contribution in [3.63, 3.8) is 0 Å². The minimum Gasteiger partial charge on any atom is -0.337 e. The number of hydrogen-bond donors (Lipinski definition) is 0. The number of piperidine rings is 1. The number of carbonyl (C=O) groups is 1. The third-order valence-corrected chi connectivity index (χ3v) is 5.04. The summed E-state index contributed by atoms with van der Waals surface area (Å²) in [6.45, 7) is 6.46. The maximum Gasteiger partial charge on any atom is 0.223 e. The lowest BCUT2D eigenvalue weighted by Gasteiger charge is -2.39. The average Bonchev–Trinajstić information content (AvgIpc) is 2.47. The highest BCUT2D eigenvalue weighted by Crippen LogP contribution is 2.40. The summed E-state index contributed by atoms with van der Waals surface area (Å²) in [5.41, 5.74) is 0.118. The Morgan fingerprint density at radius 2 is 1.76 bits per heavy atom. The van der Waals surface area contributed by atoms with Crippen molar-refractivity contribution in [3.05, 3.63) is 0 Å². The van der Waals surface area contributed by atoms with E-state index in [1.54, 1.807) is 0 Å². The van der Waals surface area contributed by atoms with Crippen molar-refractivity contribution >= 4 is 17.7 Å². The summed E-state index contributed by atoms with van der Waals surface area (Å²) in [6, 6.07) is 1.09. The fraction of sp³-hybridized carbons (Fsp3) is 0.929. The van der Waals surface area contributed by atoms with E-state index in [9.17, 15) is 4.79 Å². The Balaban J connectivity index is 2.01. The summed E-state index contributed by atoms with van der Waals surface area (Å²) < 4.78 is 0. The van der Waals surface area contributed by atoms with Crippen LogP contribution in [0.1, 0.15) is 52.9 Å². The van der Waals surface area contributed by atoms with Gasteiger partial charge in [-0.3, -0.25) is 4.79 Å². The fourth-order valence-electron chi connectivity index (χ4n) is 3.27. The van der Waals surface area contributed by atoms with E-state index in [0.29, 0.717) is 24.4 Å². The van der Waals surface area contributed by atoms with Crippen molar-refractivity contribution in [2.75, 3.05) is 6.26 Å². The van der Waals surface area contributed by atoms with Crippen molar-refractivity contribution in [2.24, 2.45) is 5.41 Å². The Labute approximate surface area is 110 Å². The fourth-order valence-corrected chi connectivity index (χ4v) is 4.10. The predicted octanol–water partition coefficient (Wildman–Crippen LogP) is 3.31. The molecule has 0 radical (unpaired) electrons. The Bertz CT molecular complexity index is 283. The van der Waals surface area contributed by atoms with E-state index < -0.39 is 0 Å². The van der Waals surface area contributed by atoms with E-state index in [0.717, 1.165) is 5.25 Å². The van der Waals surface area contributed by atoms with Gasteiger partial charge in [0.1, 0.15) is 0 Å².